The Morgan fingerprint density at radius 3 is 2.94 bits per heavy atom. The minimum Gasteiger partial charge on any atom is -0.319 e. The quantitative estimate of drug-likeness (QED) is 0.892. The summed E-state index contributed by atoms with van der Waals surface area (Å²) in [6.07, 6.45) is 5.84. The van der Waals surface area contributed by atoms with E-state index in [9.17, 15) is 0 Å². The van der Waals surface area contributed by atoms with E-state index in [0.29, 0.717) is 17.3 Å². The van der Waals surface area contributed by atoms with Crippen molar-refractivity contribution in [2.24, 2.45) is 11.3 Å². The van der Waals surface area contributed by atoms with E-state index >= 15 is 0 Å². The summed E-state index contributed by atoms with van der Waals surface area (Å²) in [4.78, 5) is 0. The maximum absolute atomic E-state index is 4.20. The zero-order valence-electron chi connectivity index (χ0n) is 12.1. The number of nitrogens with one attached hydrogen (secondary N) is 1. The Balaban J connectivity index is 2.24. The van der Waals surface area contributed by atoms with Gasteiger partial charge in [-0.25, -0.2) is 4.68 Å². The van der Waals surface area contributed by atoms with Crippen molar-refractivity contribution in [3.05, 3.63) is 11.9 Å². The highest BCUT2D eigenvalue weighted by Crippen LogP contribution is 2.46. The van der Waals surface area contributed by atoms with Crippen LogP contribution in [0.3, 0.4) is 0 Å². The SMILES string of the molecule is CCn1nncc1C1CC(C)(C)CCC1CNC. The summed E-state index contributed by atoms with van der Waals surface area (Å²) in [6, 6.07) is 0. The van der Waals surface area contributed by atoms with E-state index < -0.39 is 0 Å². The molecule has 1 aliphatic carbocycles. The second-order valence-electron chi connectivity index (χ2n) is 6.31. The van der Waals surface area contributed by atoms with E-state index in [2.05, 4.69) is 41.1 Å². The lowest BCUT2D eigenvalue weighted by Crippen LogP contribution is -2.34. The van der Waals surface area contributed by atoms with Crippen LogP contribution in [0.5, 0.6) is 0 Å². The fourth-order valence-electron chi connectivity index (χ4n) is 3.29. The molecule has 0 aliphatic heterocycles. The van der Waals surface area contributed by atoms with Crippen LogP contribution >= 0.6 is 0 Å². The van der Waals surface area contributed by atoms with Crippen molar-refractivity contribution < 1.29 is 0 Å². The molecule has 1 N–H and O–H groups in total. The first-order valence-electron chi connectivity index (χ1n) is 7.10. The molecule has 1 aromatic heterocycles. The molecule has 0 amide bonds. The Bertz CT molecular complexity index is 383. The fourth-order valence-corrected chi connectivity index (χ4v) is 3.29. The molecule has 0 radical (unpaired) electrons. The topological polar surface area (TPSA) is 42.7 Å². The highest BCUT2D eigenvalue weighted by atomic mass is 15.4. The molecule has 2 rings (SSSR count). The van der Waals surface area contributed by atoms with Gasteiger partial charge in [-0.3, -0.25) is 0 Å². The molecule has 2 unspecified atom stereocenters. The summed E-state index contributed by atoms with van der Waals surface area (Å²) in [5.74, 6) is 1.31. The lowest BCUT2D eigenvalue weighted by atomic mass is 9.66. The minimum absolute atomic E-state index is 0.442. The normalized spacial score (nSPS) is 27.3. The third kappa shape index (κ3) is 2.74. The lowest BCUT2D eigenvalue weighted by molar-refractivity contribution is 0.156. The first-order valence-corrected chi connectivity index (χ1v) is 7.10. The summed E-state index contributed by atoms with van der Waals surface area (Å²) in [5, 5.41) is 11.6. The molecule has 4 nitrogen and oxygen atoms in total. The zero-order valence-corrected chi connectivity index (χ0v) is 12.1. The maximum Gasteiger partial charge on any atom is 0.0728 e. The van der Waals surface area contributed by atoms with E-state index in [1.165, 1.54) is 25.0 Å². The number of aryl methyl sites for hydroxylation is 1. The van der Waals surface area contributed by atoms with Gasteiger partial charge in [0.05, 0.1) is 11.9 Å². The van der Waals surface area contributed by atoms with Gasteiger partial charge in [0, 0.05) is 12.5 Å². The molecular weight excluding hydrogens is 224 g/mol. The maximum atomic E-state index is 4.20. The Morgan fingerprint density at radius 1 is 1.50 bits per heavy atom. The Morgan fingerprint density at radius 2 is 2.28 bits per heavy atom. The first-order chi connectivity index (χ1) is 8.57. The lowest BCUT2D eigenvalue weighted by Gasteiger charge is -2.40. The predicted octanol–water partition coefficient (Wildman–Crippen LogP) is 2.43. The average Bonchev–Trinajstić information content (AvgIpc) is 2.79. The van der Waals surface area contributed by atoms with Gasteiger partial charge in [-0.05, 0) is 51.1 Å². The van der Waals surface area contributed by atoms with Crippen molar-refractivity contribution in [1.82, 2.24) is 20.3 Å². The summed E-state index contributed by atoms with van der Waals surface area (Å²) in [6.45, 7) is 8.92. The summed E-state index contributed by atoms with van der Waals surface area (Å²) in [5.41, 5.74) is 1.77. The van der Waals surface area contributed by atoms with Crippen molar-refractivity contribution in [1.29, 1.82) is 0 Å². The first kappa shape index (κ1) is 13.5. The number of hydrogen-bond acceptors (Lipinski definition) is 3. The molecule has 4 heteroatoms. The Hall–Kier alpha value is -0.900. The van der Waals surface area contributed by atoms with Gasteiger partial charge in [0.25, 0.3) is 0 Å². The van der Waals surface area contributed by atoms with Crippen LogP contribution in [0.1, 0.15) is 51.6 Å². The molecule has 0 saturated heterocycles. The van der Waals surface area contributed by atoms with Gasteiger partial charge in [-0.1, -0.05) is 19.1 Å². The van der Waals surface area contributed by atoms with Crippen LogP contribution in [-0.2, 0) is 6.54 Å². The van der Waals surface area contributed by atoms with Crippen LogP contribution in [0.2, 0.25) is 0 Å². The largest absolute Gasteiger partial charge is 0.319 e. The third-order valence-electron chi connectivity index (χ3n) is 4.33. The molecule has 1 fully saturated rings. The molecule has 0 spiro atoms. The highest BCUT2D eigenvalue weighted by molar-refractivity contribution is 5.09. The van der Waals surface area contributed by atoms with Crippen LogP contribution in [0.25, 0.3) is 0 Å². The molecule has 1 aliphatic rings. The Labute approximate surface area is 110 Å². The predicted molar refractivity (Wildman–Crippen MR) is 73.5 cm³/mol. The number of hydrogen-bond donors (Lipinski definition) is 1. The molecule has 18 heavy (non-hydrogen) atoms. The number of aromatic nitrogens is 3. The molecule has 0 bridgehead atoms. The molecule has 0 aromatic carbocycles. The van der Waals surface area contributed by atoms with Crippen LogP contribution in [0.4, 0.5) is 0 Å². The van der Waals surface area contributed by atoms with Crippen molar-refractivity contribution in [3.8, 4) is 0 Å². The summed E-state index contributed by atoms with van der Waals surface area (Å²) in [7, 11) is 2.05. The van der Waals surface area contributed by atoms with Gasteiger partial charge in [0.1, 0.15) is 0 Å². The van der Waals surface area contributed by atoms with Crippen molar-refractivity contribution in [2.45, 2.75) is 52.5 Å². The fraction of sp³-hybridized carbons (Fsp3) is 0.857. The van der Waals surface area contributed by atoms with Crippen molar-refractivity contribution in [2.75, 3.05) is 13.6 Å². The molecular formula is C14H26N4. The Kier molecular flexibility index (Phi) is 4.05. The van der Waals surface area contributed by atoms with Crippen molar-refractivity contribution >= 4 is 0 Å². The van der Waals surface area contributed by atoms with E-state index in [0.717, 1.165) is 13.1 Å². The van der Waals surface area contributed by atoms with Gasteiger partial charge >= 0.3 is 0 Å². The third-order valence-corrected chi connectivity index (χ3v) is 4.33. The van der Waals surface area contributed by atoms with Crippen LogP contribution in [-0.4, -0.2) is 28.6 Å². The van der Waals surface area contributed by atoms with Crippen LogP contribution in [0, 0.1) is 11.3 Å². The summed E-state index contributed by atoms with van der Waals surface area (Å²) >= 11 is 0. The number of nitrogens with zero attached hydrogens (tertiary/aromatic N) is 3. The van der Waals surface area contributed by atoms with Gasteiger partial charge < -0.3 is 5.32 Å². The van der Waals surface area contributed by atoms with E-state index in [4.69, 9.17) is 0 Å². The van der Waals surface area contributed by atoms with Gasteiger partial charge in [0.15, 0.2) is 0 Å². The average molecular weight is 250 g/mol. The van der Waals surface area contributed by atoms with Crippen LogP contribution in [0.15, 0.2) is 6.20 Å². The number of rotatable bonds is 4. The minimum atomic E-state index is 0.442. The highest BCUT2D eigenvalue weighted by Gasteiger charge is 2.36. The standard InChI is InChI=1S/C14H26N4/c1-5-18-13(10-16-17-18)12-8-14(2,3)7-6-11(12)9-15-4/h10-12,15H,5-9H2,1-4H3. The van der Waals surface area contributed by atoms with Gasteiger partial charge in [0.2, 0.25) is 0 Å². The molecule has 2 atom stereocenters. The van der Waals surface area contributed by atoms with Gasteiger partial charge in [-0.2, -0.15) is 0 Å². The molecule has 1 heterocycles. The second kappa shape index (κ2) is 5.39. The van der Waals surface area contributed by atoms with Crippen molar-refractivity contribution in [3.63, 3.8) is 0 Å². The van der Waals surface area contributed by atoms with Crippen LogP contribution < -0.4 is 5.32 Å². The monoisotopic (exact) mass is 250 g/mol. The van der Waals surface area contributed by atoms with E-state index in [1.54, 1.807) is 0 Å². The van der Waals surface area contributed by atoms with E-state index in [-0.39, 0.29) is 0 Å². The zero-order chi connectivity index (χ0) is 13.2. The van der Waals surface area contributed by atoms with E-state index in [1.807, 2.05) is 13.2 Å². The molecule has 1 aromatic rings. The smallest absolute Gasteiger partial charge is 0.0728 e. The summed E-state index contributed by atoms with van der Waals surface area (Å²) < 4.78 is 2.06. The molecule has 102 valence electrons. The van der Waals surface area contributed by atoms with Gasteiger partial charge in [-0.15, -0.1) is 5.10 Å². The second-order valence-corrected chi connectivity index (χ2v) is 6.31. The molecule has 1 saturated carbocycles.